The third kappa shape index (κ3) is 67.2. The largest absolute Gasteiger partial charge is 0.462 e. The fraction of sp³-hybridized carbons (Fsp3) is 0.571. The predicted octanol–water partition coefficient (Wildman–Crippen LogP) is 23.2. The molecule has 0 heterocycles. The van der Waals surface area contributed by atoms with Gasteiger partial charge in [0.2, 0.25) is 0 Å². The maximum absolute atomic E-state index is 12.9. The van der Waals surface area contributed by atoms with Gasteiger partial charge >= 0.3 is 17.9 Å². The van der Waals surface area contributed by atoms with Crippen molar-refractivity contribution in [2.24, 2.45) is 0 Å². The van der Waals surface area contributed by atoms with E-state index in [1.807, 2.05) is 0 Å². The third-order valence-electron chi connectivity index (χ3n) is 13.4. The van der Waals surface area contributed by atoms with E-state index >= 15 is 0 Å². The van der Waals surface area contributed by atoms with Crippen LogP contribution in [-0.4, -0.2) is 37.2 Å². The van der Waals surface area contributed by atoms with Crippen molar-refractivity contribution in [3.63, 3.8) is 0 Å². The van der Waals surface area contributed by atoms with Crippen LogP contribution in [0.2, 0.25) is 0 Å². The molecule has 6 nitrogen and oxygen atoms in total. The number of hydrogen-bond acceptors (Lipinski definition) is 6. The Kier molecular flexibility index (Phi) is 64.4. The summed E-state index contributed by atoms with van der Waals surface area (Å²) < 4.78 is 16.9. The zero-order valence-electron chi connectivity index (χ0n) is 53.1. The van der Waals surface area contributed by atoms with Crippen LogP contribution in [0, 0.1) is 0 Å². The zero-order chi connectivity index (χ0) is 59.9. The molecule has 0 aromatic heterocycles. The molecule has 0 aromatic carbocycles. The van der Waals surface area contributed by atoms with Gasteiger partial charge in [0.05, 0.1) is 0 Å². The fourth-order valence-corrected chi connectivity index (χ4v) is 8.52. The SMILES string of the molecule is CC/C=C\C/C=C\C/C=C\C/C=C\C/C=C\C/C=C\C/C=C\CCCCCC(=O)OC(COC(=O)CCCCC/C=C\C/C=C\C/C=C\CC)COC(=O)CCCCCCCCCCCCC/C=C\C/C=C\C/C=C\C/C=C\C/C=C\CC. The number of ether oxygens (including phenoxy) is 3. The lowest BCUT2D eigenvalue weighted by atomic mass is 10.0. The second kappa shape index (κ2) is 69.0. The van der Waals surface area contributed by atoms with Gasteiger partial charge < -0.3 is 14.2 Å². The highest BCUT2D eigenvalue weighted by molar-refractivity contribution is 5.71. The molecule has 0 spiro atoms. The summed E-state index contributed by atoms with van der Waals surface area (Å²) in [7, 11) is 0. The lowest BCUT2D eigenvalue weighted by Gasteiger charge is -2.18. The van der Waals surface area contributed by atoms with E-state index in [1.54, 1.807) is 0 Å². The van der Waals surface area contributed by atoms with E-state index in [9.17, 15) is 14.4 Å². The molecule has 0 amide bonds. The first-order valence-electron chi connectivity index (χ1n) is 33.3. The topological polar surface area (TPSA) is 78.9 Å². The van der Waals surface area contributed by atoms with Crippen LogP contribution in [0.1, 0.15) is 265 Å². The van der Waals surface area contributed by atoms with Crippen molar-refractivity contribution in [2.75, 3.05) is 13.2 Å². The maximum atomic E-state index is 12.9. The van der Waals surface area contributed by atoms with Crippen LogP contribution in [-0.2, 0) is 28.6 Å². The van der Waals surface area contributed by atoms with E-state index in [0.29, 0.717) is 19.3 Å². The van der Waals surface area contributed by atoms with E-state index in [1.165, 1.54) is 57.8 Å². The summed E-state index contributed by atoms with van der Waals surface area (Å²) in [5.41, 5.74) is 0. The van der Waals surface area contributed by atoms with Crippen LogP contribution in [0.15, 0.2) is 182 Å². The summed E-state index contributed by atoms with van der Waals surface area (Å²) in [6, 6.07) is 0. The molecule has 0 aliphatic heterocycles. The Balaban J connectivity index is 4.44. The molecule has 0 bridgehead atoms. The van der Waals surface area contributed by atoms with Gasteiger partial charge in [0.25, 0.3) is 0 Å². The molecule has 1 atom stereocenters. The number of allylic oxidation sites excluding steroid dienone is 30. The highest BCUT2D eigenvalue weighted by atomic mass is 16.6. The quantitative estimate of drug-likeness (QED) is 0.0261. The third-order valence-corrected chi connectivity index (χ3v) is 13.4. The molecule has 464 valence electrons. The molecule has 0 radical (unpaired) electrons. The molecule has 0 fully saturated rings. The van der Waals surface area contributed by atoms with Gasteiger partial charge in [0.15, 0.2) is 6.10 Å². The van der Waals surface area contributed by atoms with Gasteiger partial charge in [0, 0.05) is 19.3 Å². The van der Waals surface area contributed by atoms with Crippen LogP contribution in [0.4, 0.5) is 0 Å². The van der Waals surface area contributed by atoms with Gasteiger partial charge in [-0.3, -0.25) is 14.4 Å². The Morgan fingerprint density at radius 2 is 0.434 bits per heavy atom. The van der Waals surface area contributed by atoms with Gasteiger partial charge in [-0.2, -0.15) is 0 Å². The first-order valence-corrected chi connectivity index (χ1v) is 33.3. The Morgan fingerprint density at radius 3 is 0.687 bits per heavy atom. The Bertz CT molecular complexity index is 1940. The number of hydrogen-bond donors (Lipinski definition) is 0. The van der Waals surface area contributed by atoms with Crippen molar-refractivity contribution in [1.29, 1.82) is 0 Å². The Labute approximate surface area is 510 Å². The standard InChI is InChI=1S/C77H120O6/c1-4-7-10-13-16-19-22-25-27-29-31-33-35-37-38-40-41-43-45-47-49-52-55-58-61-64-67-70-76(79)82-73-74(72-81-75(78)69-66-63-60-57-54-51-24-21-18-15-12-9-6-3)83-77(80)71-68-65-62-59-56-53-50-48-46-44-42-39-36-34-32-30-28-26-23-20-17-14-11-8-5-2/h7-12,16-21,25-28,31-34,37-39,42,46,48,51,53-54,56,74H,4-6,13-15,22-24,29-30,35-36,40-41,43-45,47,49-50,52,55,57-73H2,1-3H3/b10-7-,11-8-,12-9-,19-16-,20-17-,21-18-,27-25-,28-26-,33-31-,34-32-,38-37-,42-39-,48-46-,54-51-,56-53-. The molecule has 1 unspecified atom stereocenters. The van der Waals surface area contributed by atoms with Gasteiger partial charge in [0.1, 0.15) is 13.2 Å². The van der Waals surface area contributed by atoms with Crippen LogP contribution in [0.5, 0.6) is 0 Å². The molecule has 0 aliphatic rings. The van der Waals surface area contributed by atoms with Crippen molar-refractivity contribution >= 4 is 17.9 Å². The van der Waals surface area contributed by atoms with Crippen molar-refractivity contribution in [3.8, 4) is 0 Å². The highest BCUT2D eigenvalue weighted by Gasteiger charge is 2.19. The molecule has 0 aliphatic carbocycles. The number of rotatable bonds is 58. The molecular weight excluding hydrogens is 1020 g/mol. The normalized spacial score (nSPS) is 13.3. The minimum Gasteiger partial charge on any atom is -0.462 e. The number of unbranched alkanes of at least 4 members (excludes halogenated alkanes) is 17. The van der Waals surface area contributed by atoms with Crippen molar-refractivity contribution in [3.05, 3.63) is 182 Å². The summed E-state index contributed by atoms with van der Waals surface area (Å²) in [5.74, 6) is -0.983. The van der Waals surface area contributed by atoms with E-state index in [-0.39, 0.29) is 37.5 Å². The first kappa shape index (κ1) is 77.5. The van der Waals surface area contributed by atoms with Crippen LogP contribution in [0.3, 0.4) is 0 Å². The average molecular weight is 1140 g/mol. The van der Waals surface area contributed by atoms with Crippen LogP contribution >= 0.6 is 0 Å². The summed E-state index contributed by atoms with van der Waals surface area (Å²) in [5, 5.41) is 0. The van der Waals surface area contributed by atoms with E-state index in [0.717, 1.165) is 161 Å². The maximum Gasteiger partial charge on any atom is 0.306 e. The zero-order valence-corrected chi connectivity index (χ0v) is 53.1. The van der Waals surface area contributed by atoms with E-state index in [2.05, 4.69) is 203 Å². The highest BCUT2D eigenvalue weighted by Crippen LogP contribution is 2.15. The Hall–Kier alpha value is -5.49. The van der Waals surface area contributed by atoms with Gasteiger partial charge in [-0.25, -0.2) is 0 Å². The number of carbonyl (C=O) groups excluding carboxylic acids is 3. The average Bonchev–Trinajstić information content (AvgIpc) is 3.49. The van der Waals surface area contributed by atoms with E-state index in [4.69, 9.17) is 14.2 Å². The van der Waals surface area contributed by atoms with Crippen LogP contribution in [0.25, 0.3) is 0 Å². The molecule has 0 saturated carbocycles. The molecule has 0 rings (SSSR count). The smallest absolute Gasteiger partial charge is 0.306 e. The summed E-state index contributed by atoms with van der Waals surface area (Å²) in [6.45, 7) is 6.24. The molecule has 6 heteroatoms. The van der Waals surface area contributed by atoms with Gasteiger partial charge in [-0.1, -0.05) is 274 Å². The number of carbonyl (C=O) groups is 3. The minimum atomic E-state index is -0.821. The minimum absolute atomic E-state index is 0.111. The first-order chi connectivity index (χ1) is 41.0. The van der Waals surface area contributed by atoms with Crippen LogP contribution < -0.4 is 0 Å². The fourth-order valence-electron chi connectivity index (χ4n) is 8.52. The predicted molar refractivity (Wildman–Crippen MR) is 361 cm³/mol. The summed E-state index contributed by atoms with van der Waals surface area (Å²) in [6.07, 6.45) is 103. The second-order valence-electron chi connectivity index (χ2n) is 21.2. The van der Waals surface area contributed by atoms with Crippen molar-refractivity contribution in [2.45, 2.75) is 271 Å². The molecule has 0 saturated heterocycles. The lowest BCUT2D eigenvalue weighted by Crippen LogP contribution is -2.30. The monoisotopic (exact) mass is 1140 g/mol. The lowest BCUT2D eigenvalue weighted by molar-refractivity contribution is -0.167. The van der Waals surface area contributed by atoms with Gasteiger partial charge in [-0.05, 0) is 154 Å². The molecule has 0 aromatic rings. The second-order valence-corrected chi connectivity index (χ2v) is 21.2. The summed E-state index contributed by atoms with van der Waals surface area (Å²) >= 11 is 0. The van der Waals surface area contributed by atoms with E-state index < -0.39 is 6.10 Å². The van der Waals surface area contributed by atoms with Gasteiger partial charge in [-0.15, -0.1) is 0 Å². The molecule has 0 N–H and O–H groups in total. The van der Waals surface area contributed by atoms with Crippen molar-refractivity contribution < 1.29 is 28.6 Å². The summed E-state index contributed by atoms with van der Waals surface area (Å²) in [4.78, 5) is 38.4. The number of esters is 3. The molecular formula is C77H120O6. The van der Waals surface area contributed by atoms with Crippen molar-refractivity contribution in [1.82, 2.24) is 0 Å². The molecule has 83 heavy (non-hydrogen) atoms. The Morgan fingerprint density at radius 1 is 0.241 bits per heavy atom.